The van der Waals surface area contributed by atoms with Gasteiger partial charge in [0.15, 0.2) is 0 Å². The zero-order valence-electron chi connectivity index (χ0n) is 8.90. The van der Waals surface area contributed by atoms with E-state index in [1.807, 2.05) is 6.92 Å². The summed E-state index contributed by atoms with van der Waals surface area (Å²) in [6, 6.07) is 1.44. The number of hydrogen-bond donors (Lipinski definition) is 1. The molecule has 0 aromatic carbocycles. The first kappa shape index (κ1) is 12.3. The molecule has 0 radical (unpaired) electrons. The average molecular weight is 238 g/mol. The molecule has 0 fully saturated rings. The number of carbonyl (C=O) groups excluding carboxylic acids is 1. The molecule has 1 aromatic rings. The number of aromatic nitrogens is 1. The third-order valence-electron chi connectivity index (χ3n) is 2.08. The van der Waals surface area contributed by atoms with Gasteiger partial charge in [-0.2, -0.15) is 0 Å². The van der Waals surface area contributed by atoms with Crippen molar-refractivity contribution in [3.63, 3.8) is 0 Å². The van der Waals surface area contributed by atoms with Crippen LogP contribution in [-0.4, -0.2) is 28.9 Å². The van der Waals surface area contributed by atoms with Gasteiger partial charge in [0.05, 0.1) is 24.0 Å². The van der Waals surface area contributed by atoms with Crippen molar-refractivity contribution in [1.82, 2.24) is 9.88 Å². The Hall–Kier alpha value is -1.73. The quantitative estimate of drug-likeness (QED) is 0.639. The topological polar surface area (TPSA) is 59.2 Å². The normalized spacial score (nSPS) is 9.56. The zero-order valence-corrected chi connectivity index (χ0v) is 9.66. The minimum absolute atomic E-state index is 0.231. The van der Waals surface area contributed by atoms with E-state index in [0.29, 0.717) is 17.8 Å². The fourth-order valence-electron chi connectivity index (χ4n) is 1.23. The summed E-state index contributed by atoms with van der Waals surface area (Å²) >= 11 is 5.71. The molecule has 0 saturated heterocycles. The second kappa shape index (κ2) is 5.38. The van der Waals surface area contributed by atoms with Crippen LogP contribution < -0.4 is 5.73 Å². The number of nitrogen functional groups attached to an aromatic ring is 1. The van der Waals surface area contributed by atoms with Gasteiger partial charge in [0.25, 0.3) is 5.91 Å². The molecule has 16 heavy (non-hydrogen) atoms. The van der Waals surface area contributed by atoms with Crippen molar-refractivity contribution in [1.29, 1.82) is 0 Å². The lowest BCUT2D eigenvalue weighted by Crippen LogP contribution is -2.31. The van der Waals surface area contributed by atoms with E-state index in [4.69, 9.17) is 23.8 Å². The van der Waals surface area contributed by atoms with E-state index in [0.717, 1.165) is 0 Å². The van der Waals surface area contributed by atoms with Crippen LogP contribution in [0.25, 0.3) is 0 Å². The van der Waals surface area contributed by atoms with E-state index < -0.39 is 0 Å². The van der Waals surface area contributed by atoms with Crippen LogP contribution in [0.3, 0.4) is 0 Å². The molecule has 4 nitrogen and oxygen atoms in total. The van der Waals surface area contributed by atoms with Crippen LogP contribution in [0.15, 0.2) is 12.3 Å². The third kappa shape index (κ3) is 2.65. The Balaban J connectivity index is 3.03. The van der Waals surface area contributed by atoms with Crippen molar-refractivity contribution < 1.29 is 4.79 Å². The molecule has 0 saturated carbocycles. The Kier molecular flexibility index (Phi) is 4.15. The van der Waals surface area contributed by atoms with Crippen molar-refractivity contribution >= 4 is 23.2 Å². The second-order valence-corrected chi connectivity index (χ2v) is 3.50. The largest absolute Gasteiger partial charge is 0.397 e. The van der Waals surface area contributed by atoms with Crippen LogP contribution in [0.1, 0.15) is 17.3 Å². The van der Waals surface area contributed by atoms with Gasteiger partial charge in [-0.3, -0.25) is 4.79 Å². The standard InChI is InChI=1S/C11H12ClN3O/c1-3-5-15(4-2)11(16)8-6-10(12)14-7-9(8)13/h1,6-7H,4-5,13H2,2H3. The number of pyridine rings is 1. The van der Waals surface area contributed by atoms with Crippen molar-refractivity contribution in [3.8, 4) is 12.3 Å². The lowest BCUT2D eigenvalue weighted by atomic mass is 10.2. The highest BCUT2D eigenvalue weighted by atomic mass is 35.5. The van der Waals surface area contributed by atoms with Crippen LogP contribution >= 0.6 is 11.6 Å². The van der Waals surface area contributed by atoms with Gasteiger partial charge in [-0.15, -0.1) is 6.42 Å². The molecule has 0 spiro atoms. The molecule has 0 bridgehead atoms. The molecule has 84 valence electrons. The third-order valence-corrected chi connectivity index (χ3v) is 2.29. The molecule has 5 heteroatoms. The Morgan fingerprint density at radius 1 is 1.75 bits per heavy atom. The second-order valence-electron chi connectivity index (χ2n) is 3.12. The minimum atomic E-state index is -0.234. The summed E-state index contributed by atoms with van der Waals surface area (Å²) in [4.78, 5) is 17.3. The van der Waals surface area contributed by atoms with Crippen LogP contribution in [0.2, 0.25) is 5.15 Å². The van der Waals surface area contributed by atoms with Gasteiger partial charge in [0.2, 0.25) is 0 Å². The summed E-state index contributed by atoms with van der Waals surface area (Å²) in [7, 11) is 0. The number of nitrogens with zero attached hydrogens (tertiary/aromatic N) is 2. The van der Waals surface area contributed by atoms with Crippen molar-refractivity contribution in [2.24, 2.45) is 0 Å². The maximum absolute atomic E-state index is 12.0. The summed E-state index contributed by atoms with van der Waals surface area (Å²) in [6.45, 7) is 2.60. The number of halogens is 1. The van der Waals surface area contributed by atoms with Crippen molar-refractivity contribution in [2.45, 2.75) is 6.92 Å². The van der Waals surface area contributed by atoms with Crippen LogP contribution in [0.4, 0.5) is 5.69 Å². The minimum Gasteiger partial charge on any atom is -0.397 e. The average Bonchev–Trinajstić information content (AvgIpc) is 2.28. The molecular weight excluding hydrogens is 226 g/mol. The van der Waals surface area contributed by atoms with E-state index in [1.54, 1.807) is 0 Å². The highest BCUT2D eigenvalue weighted by Gasteiger charge is 2.16. The molecule has 0 aliphatic heterocycles. The SMILES string of the molecule is C#CCN(CC)C(=O)c1cc(Cl)ncc1N. The maximum Gasteiger partial charge on any atom is 0.256 e. The predicted octanol–water partition coefficient (Wildman–Crippen LogP) is 1.41. The molecule has 1 rings (SSSR count). The van der Waals surface area contributed by atoms with Crippen LogP contribution in [0.5, 0.6) is 0 Å². The van der Waals surface area contributed by atoms with Gasteiger partial charge >= 0.3 is 0 Å². The highest BCUT2D eigenvalue weighted by molar-refractivity contribution is 6.29. The first-order valence-electron chi connectivity index (χ1n) is 4.74. The predicted molar refractivity (Wildman–Crippen MR) is 64.1 cm³/mol. The Morgan fingerprint density at radius 2 is 2.44 bits per heavy atom. The molecule has 1 amide bonds. The number of carbonyl (C=O) groups is 1. The number of nitrogens with two attached hydrogens (primary N) is 1. The van der Waals surface area contributed by atoms with Gasteiger partial charge in [0, 0.05) is 6.54 Å². The molecule has 0 atom stereocenters. The van der Waals surface area contributed by atoms with Crippen molar-refractivity contribution in [3.05, 3.63) is 23.0 Å². The smallest absolute Gasteiger partial charge is 0.256 e. The van der Waals surface area contributed by atoms with Gasteiger partial charge in [-0.1, -0.05) is 17.5 Å². The molecule has 1 heterocycles. The van der Waals surface area contributed by atoms with Gasteiger partial charge < -0.3 is 10.6 Å². The summed E-state index contributed by atoms with van der Waals surface area (Å²) < 4.78 is 0. The first-order chi connectivity index (χ1) is 7.60. The fourth-order valence-corrected chi connectivity index (χ4v) is 1.39. The fraction of sp³-hybridized carbons (Fsp3) is 0.273. The summed E-state index contributed by atoms with van der Waals surface area (Å²) in [5, 5.41) is 0.231. The van der Waals surface area contributed by atoms with E-state index >= 15 is 0 Å². The number of terminal acetylenes is 1. The Labute approximate surface area is 99.4 Å². The Morgan fingerprint density at radius 3 is 3.00 bits per heavy atom. The van der Waals surface area contributed by atoms with Gasteiger partial charge in [0.1, 0.15) is 5.15 Å². The number of rotatable bonds is 3. The van der Waals surface area contributed by atoms with E-state index in [9.17, 15) is 4.79 Å². The summed E-state index contributed by atoms with van der Waals surface area (Å²) in [5.74, 6) is 2.19. The Bertz CT molecular complexity index is 439. The molecule has 2 N–H and O–H groups in total. The lowest BCUT2D eigenvalue weighted by Gasteiger charge is -2.18. The molecule has 1 aromatic heterocycles. The van der Waals surface area contributed by atoms with Gasteiger partial charge in [-0.25, -0.2) is 4.98 Å². The highest BCUT2D eigenvalue weighted by Crippen LogP contribution is 2.16. The van der Waals surface area contributed by atoms with E-state index in [-0.39, 0.29) is 17.6 Å². The van der Waals surface area contributed by atoms with E-state index in [2.05, 4.69) is 10.9 Å². The van der Waals surface area contributed by atoms with Crippen LogP contribution in [-0.2, 0) is 0 Å². The zero-order chi connectivity index (χ0) is 12.1. The van der Waals surface area contributed by atoms with Crippen LogP contribution in [0, 0.1) is 12.3 Å². The first-order valence-corrected chi connectivity index (χ1v) is 5.11. The van der Waals surface area contributed by atoms with E-state index in [1.165, 1.54) is 17.2 Å². The number of hydrogen-bond acceptors (Lipinski definition) is 3. The molecule has 0 aliphatic rings. The molecule has 0 aliphatic carbocycles. The summed E-state index contributed by atoms with van der Waals surface area (Å²) in [5.41, 5.74) is 6.29. The summed E-state index contributed by atoms with van der Waals surface area (Å²) in [6.07, 6.45) is 6.54. The number of amides is 1. The maximum atomic E-state index is 12.0. The number of anilines is 1. The van der Waals surface area contributed by atoms with Crippen molar-refractivity contribution in [2.75, 3.05) is 18.8 Å². The molecule has 0 unspecified atom stereocenters. The van der Waals surface area contributed by atoms with Gasteiger partial charge in [-0.05, 0) is 13.0 Å². The molecular formula is C11H12ClN3O. The monoisotopic (exact) mass is 237 g/mol. The lowest BCUT2D eigenvalue weighted by molar-refractivity contribution is 0.0786.